The number of pyridine rings is 2. The Labute approximate surface area is 473 Å². The molecule has 0 amide bonds. The average molecular weight is 1200 g/mol. The Morgan fingerprint density at radius 3 is 1.40 bits per heavy atom. The third kappa shape index (κ3) is 15.2. The number of carbonyl (C=O) groups excluding carboxylic acids is 2. The SMILES string of the molecule is COC(=O)c1ccc(Oc2ccnc3c2c(I)nn3Cc2ccc(OC)cc2)cc1.COC(=O)c1ccc(Oc2ccnc3c2c(NC2CCC(OC)CC2)nn3Cc2ccc(OC)cc2)cc1.COC1CCC(N)CC1.Cl. The lowest BCUT2D eigenvalue weighted by molar-refractivity contribution is 0.0592. The molecule has 8 aromatic rings. The summed E-state index contributed by atoms with van der Waals surface area (Å²) in [7, 11) is 9.57. The van der Waals surface area contributed by atoms with Crippen LogP contribution in [0.4, 0.5) is 5.82 Å². The van der Waals surface area contributed by atoms with Crippen molar-refractivity contribution in [1.82, 2.24) is 29.5 Å². The zero-order valence-electron chi connectivity index (χ0n) is 44.6. The Morgan fingerprint density at radius 1 is 0.551 bits per heavy atom. The molecule has 3 N–H and O–H groups in total. The van der Waals surface area contributed by atoms with Crippen LogP contribution in [0.15, 0.2) is 122 Å². The highest BCUT2D eigenvalue weighted by molar-refractivity contribution is 14.1. The number of hydrogen-bond acceptors (Lipinski definition) is 16. The molecule has 0 radical (unpaired) electrons. The minimum atomic E-state index is -0.391. The monoisotopic (exact) mass is 1200 g/mol. The number of esters is 2. The maximum absolute atomic E-state index is 11.8. The first kappa shape index (κ1) is 58.6. The number of hydrogen-bond donors (Lipinski definition) is 2. The zero-order valence-corrected chi connectivity index (χ0v) is 47.5. The summed E-state index contributed by atoms with van der Waals surface area (Å²) in [4.78, 5) is 32.6. The molecule has 2 aliphatic carbocycles. The van der Waals surface area contributed by atoms with Crippen LogP contribution in [0, 0.1) is 3.70 Å². The summed E-state index contributed by atoms with van der Waals surface area (Å²) >= 11 is 2.19. The molecule has 0 spiro atoms. The number of aromatic nitrogens is 6. The highest BCUT2D eigenvalue weighted by Crippen LogP contribution is 2.37. The van der Waals surface area contributed by atoms with Crippen LogP contribution >= 0.6 is 35.0 Å². The molecule has 2 fully saturated rings. The Morgan fingerprint density at radius 2 is 0.962 bits per heavy atom. The fraction of sp³-hybridized carbons (Fsp3) is 0.345. The highest BCUT2D eigenvalue weighted by atomic mass is 127. The van der Waals surface area contributed by atoms with Crippen LogP contribution in [-0.4, -0.2) is 108 Å². The number of halogens is 2. The van der Waals surface area contributed by atoms with Gasteiger partial charge in [-0.1, -0.05) is 24.3 Å². The smallest absolute Gasteiger partial charge is 0.337 e. The van der Waals surface area contributed by atoms with Gasteiger partial charge in [0.1, 0.15) is 43.6 Å². The topological polar surface area (TPSA) is 207 Å². The van der Waals surface area contributed by atoms with E-state index < -0.39 is 5.97 Å². The van der Waals surface area contributed by atoms with Crippen LogP contribution in [0.5, 0.6) is 34.5 Å². The first-order chi connectivity index (χ1) is 37.5. The predicted octanol–water partition coefficient (Wildman–Crippen LogP) is 11.4. The number of nitrogens with one attached hydrogen (secondary N) is 1. The lowest BCUT2D eigenvalue weighted by Crippen LogP contribution is -2.29. The molecule has 412 valence electrons. The van der Waals surface area contributed by atoms with Gasteiger partial charge < -0.3 is 48.9 Å². The van der Waals surface area contributed by atoms with Crippen LogP contribution in [0.3, 0.4) is 0 Å². The highest BCUT2D eigenvalue weighted by Gasteiger charge is 2.25. The minimum Gasteiger partial charge on any atom is -0.497 e. The Balaban J connectivity index is 0.000000196. The molecule has 4 aromatic heterocycles. The van der Waals surface area contributed by atoms with E-state index in [2.05, 4.69) is 43.0 Å². The van der Waals surface area contributed by atoms with Crippen LogP contribution in [0.2, 0.25) is 0 Å². The molecule has 18 nitrogen and oxygen atoms in total. The van der Waals surface area contributed by atoms with E-state index in [0.29, 0.717) is 65.5 Å². The van der Waals surface area contributed by atoms with E-state index in [1.54, 1.807) is 95.4 Å². The molecule has 4 heterocycles. The van der Waals surface area contributed by atoms with E-state index >= 15 is 0 Å². The number of rotatable bonds is 16. The zero-order chi connectivity index (χ0) is 54.3. The van der Waals surface area contributed by atoms with Crippen molar-refractivity contribution in [2.75, 3.05) is 48.0 Å². The molecule has 20 heteroatoms. The van der Waals surface area contributed by atoms with Gasteiger partial charge in [0.25, 0.3) is 0 Å². The third-order valence-corrected chi connectivity index (χ3v) is 14.3. The first-order valence-corrected chi connectivity index (χ1v) is 26.5. The van der Waals surface area contributed by atoms with E-state index in [-0.39, 0.29) is 24.4 Å². The van der Waals surface area contributed by atoms with Crippen molar-refractivity contribution in [3.05, 3.63) is 148 Å². The number of fused-ring (bicyclic) bond motifs is 2. The lowest BCUT2D eigenvalue weighted by atomic mass is 9.93. The standard InChI is InChI=1S/C29H32N4O5.C22H18IN3O4.C7H15NO.ClH/c1-35-22-10-4-19(5-11-22)18-33-28-26(27(32-33)31-21-8-14-23(36-2)15-9-21)25(16-17-30-28)38-24-12-6-20(7-13-24)29(34)37-3;1-28-16-7-3-14(4-8-16)13-26-21-19(20(23)25-26)18(11-12-24-21)30-17-9-5-15(6-10-17)22(27)29-2;1-9-7-4-2-6(8)3-5-7;/h4-7,10-13,16-17,21,23H,8-9,14-15,18H2,1-3H3,(H,31,32);3-12H,13H2,1-2H3;6-7H,2-5,8H2,1H3;1H. The molecule has 2 aliphatic rings. The van der Waals surface area contributed by atoms with Crippen LogP contribution in [0.25, 0.3) is 22.1 Å². The Bertz CT molecular complexity index is 3180. The molecule has 0 aliphatic heterocycles. The second-order valence-electron chi connectivity index (χ2n) is 18.5. The predicted molar refractivity (Wildman–Crippen MR) is 309 cm³/mol. The second kappa shape index (κ2) is 28.5. The largest absolute Gasteiger partial charge is 0.497 e. The minimum absolute atomic E-state index is 0. The molecule has 0 atom stereocenters. The normalized spacial score (nSPS) is 16.8. The number of methoxy groups -OCH3 is 6. The van der Waals surface area contributed by atoms with Gasteiger partial charge in [-0.15, -0.1) is 12.4 Å². The maximum atomic E-state index is 11.8. The molecule has 2 saturated carbocycles. The van der Waals surface area contributed by atoms with Crippen LogP contribution < -0.4 is 30.0 Å². The van der Waals surface area contributed by atoms with E-state index in [4.69, 9.17) is 48.7 Å². The quantitative estimate of drug-likeness (QED) is 0.0681. The number of anilines is 1. The van der Waals surface area contributed by atoms with Crippen molar-refractivity contribution in [2.24, 2.45) is 5.73 Å². The summed E-state index contributed by atoms with van der Waals surface area (Å²) in [5, 5.41) is 14.9. The van der Waals surface area contributed by atoms with Crippen molar-refractivity contribution in [3.63, 3.8) is 0 Å². The molecule has 78 heavy (non-hydrogen) atoms. The number of ether oxygens (including phenoxy) is 8. The van der Waals surface area contributed by atoms with Gasteiger partial charge in [-0.05, 0) is 158 Å². The fourth-order valence-electron chi connectivity index (χ4n) is 9.16. The van der Waals surface area contributed by atoms with Crippen LogP contribution in [0.1, 0.15) is 83.2 Å². The molecular weight excluding hydrogens is 1130 g/mol. The van der Waals surface area contributed by atoms with Crippen molar-refractivity contribution < 1.29 is 47.5 Å². The Kier molecular flexibility index (Phi) is 21.5. The van der Waals surface area contributed by atoms with Gasteiger partial charge in [0.05, 0.1) is 70.2 Å². The molecule has 10 rings (SSSR count). The number of benzene rings is 4. The second-order valence-corrected chi connectivity index (χ2v) is 19.6. The first-order valence-electron chi connectivity index (χ1n) is 25.4. The summed E-state index contributed by atoms with van der Waals surface area (Å²) in [5.41, 5.74) is 10.2. The van der Waals surface area contributed by atoms with Gasteiger partial charge in [0.15, 0.2) is 17.1 Å². The number of nitrogens with two attached hydrogens (primary N) is 1. The summed E-state index contributed by atoms with van der Waals surface area (Å²) in [6.45, 7) is 1.12. The van der Waals surface area contributed by atoms with Crippen LogP contribution in [-0.2, 0) is 32.0 Å². The van der Waals surface area contributed by atoms with Gasteiger partial charge in [0, 0.05) is 50.8 Å². The van der Waals surface area contributed by atoms with Gasteiger partial charge >= 0.3 is 11.9 Å². The summed E-state index contributed by atoms with van der Waals surface area (Å²) in [5.74, 6) is 4.06. The van der Waals surface area contributed by atoms with Gasteiger partial charge in [0.2, 0.25) is 0 Å². The molecular formula is C58H66ClIN8O10. The van der Waals surface area contributed by atoms with E-state index in [9.17, 15) is 9.59 Å². The molecule has 0 unspecified atom stereocenters. The van der Waals surface area contributed by atoms with Crippen molar-refractivity contribution >= 4 is 74.8 Å². The summed E-state index contributed by atoms with van der Waals surface area (Å²) in [6, 6.07) is 33.8. The van der Waals surface area contributed by atoms with E-state index in [0.717, 1.165) is 106 Å². The fourth-order valence-corrected chi connectivity index (χ4v) is 9.93. The van der Waals surface area contributed by atoms with Crippen molar-refractivity contribution in [2.45, 2.75) is 88.7 Å². The van der Waals surface area contributed by atoms with Crippen molar-refractivity contribution in [3.8, 4) is 34.5 Å². The maximum Gasteiger partial charge on any atom is 0.337 e. The van der Waals surface area contributed by atoms with E-state index in [1.165, 1.54) is 14.2 Å². The number of carbonyl (C=O) groups is 2. The molecule has 4 aromatic carbocycles. The molecule has 0 saturated heterocycles. The average Bonchev–Trinajstić information content (AvgIpc) is 4.04. The summed E-state index contributed by atoms with van der Waals surface area (Å²) in [6.07, 6.45) is 12.8. The van der Waals surface area contributed by atoms with Gasteiger partial charge in [-0.25, -0.2) is 28.9 Å². The van der Waals surface area contributed by atoms with Crippen molar-refractivity contribution in [1.29, 1.82) is 0 Å². The summed E-state index contributed by atoms with van der Waals surface area (Å²) < 4.78 is 47.7. The molecule has 0 bridgehead atoms. The van der Waals surface area contributed by atoms with Gasteiger partial charge in [-0.3, -0.25) is 0 Å². The third-order valence-electron chi connectivity index (χ3n) is 13.5. The van der Waals surface area contributed by atoms with Gasteiger partial charge in [-0.2, -0.15) is 10.2 Å². The number of nitrogens with zero attached hydrogens (tertiary/aromatic N) is 6. The Hall–Kier alpha value is -7.04. The lowest BCUT2D eigenvalue weighted by Gasteiger charge is -2.28. The van der Waals surface area contributed by atoms with E-state index in [1.807, 2.05) is 64.0 Å².